The van der Waals surface area contributed by atoms with Gasteiger partial charge in [-0.3, -0.25) is 5.10 Å². The van der Waals surface area contributed by atoms with Crippen LogP contribution in [0.5, 0.6) is 5.75 Å². The van der Waals surface area contributed by atoms with E-state index in [2.05, 4.69) is 25.5 Å². The molecule has 0 aliphatic rings. The van der Waals surface area contributed by atoms with Crippen molar-refractivity contribution in [3.63, 3.8) is 0 Å². The fourth-order valence-corrected chi connectivity index (χ4v) is 2.68. The van der Waals surface area contributed by atoms with Gasteiger partial charge in [0.2, 0.25) is 0 Å². The molecule has 1 aromatic carbocycles. The fourth-order valence-electron chi connectivity index (χ4n) is 2.68. The molecule has 29 heavy (non-hydrogen) atoms. The summed E-state index contributed by atoms with van der Waals surface area (Å²) in [5.41, 5.74) is 2.14. The monoisotopic (exact) mass is 396 g/mol. The summed E-state index contributed by atoms with van der Waals surface area (Å²) in [7, 11) is 1.67. The second kappa shape index (κ2) is 10.3. The molecule has 0 atom stereocenters. The van der Waals surface area contributed by atoms with E-state index in [4.69, 9.17) is 20.0 Å². The lowest BCUT2D eigenvalue weighted by atomic mass is 10.2. The first-order valence-corrected chi connectivity index (χ1v) is 9.25. The first-order chi connectivity index (χ1) is 14.2. The number of aliphatic hydroxyl groups is 1. The van der Waals surface area contributed by atoms with Crippen LogP contribution in [-0.2, 0) is 4.74 Å². The van der Waals surface area contributed by atoms with Crippen molar-refractivity contribution in [2.45, 2.75) is 12.8 Å². The van der Waals surface area contributed by atoms with Gasteiger partial charge in [-0.15, -0.1) is 0 Å². The third-order valence-corrected chi connectivity index (χ3v) is 4.15. The number of nitrogens with zero attached hydrogens (tertiary/aromatic N) is 3. The second-order valence-electron chi connectivity index (χ2n) is 6.22. The van der Waals surface area contributed by atoms with Crippen LogP contribution in [0.25, 0.3) is 22.4 Å². The molecule has 0 saturated carbocycles. The number of nitrogens with one attached hydrogen (secondary N) is 3. The number of aromatic amines is 1. The van der Waals surface area contributed by atoms with Gasteiger partial charge in [-0.05, 0) is 36.3 Å². The molecule has 2 heterocycles. The molecular weight excluding hydrogens is 372 g/mol. The number of anilines is 1. The van der Waals surface area contributed by atoms with Gasteiger partial charge in [0.05, 0.1) is 12.1 Å². The number of hydrogen-bond acceptors (Lipinski definition) is 8. The van der Waals surface area contributed by atoms with E-state index in [1.54, 1.807) is 25.6 Å². The lowest BCUT2D eigenvalue weighted by Crippen LogP contribution is -2.01. The maximum atomic E-state index is 9.01. The van der Waals surface area contributed by atoms with Gasteiger partial charge in [-0.1, -0.05) is 0 Å². The zero-order valence-corrected chi connectivity index (χ0v) is 16.2. The Morgan fingerprint density at radius 2 is 2.21 bits per heavy atom. The van der Waals surface area contributed by atoms with Gasteiger partial charge in [0.25, 0.3) is 0 Å². The van der Waals surface area contributed by atoms with Crippen molar-refractivity contribution in [3.05, 3.63) is 42.2 Å². The molecule has 0 saturated heterocycles. The van der Waals surface area contributed by atoms with Crippen LogP contribution in [0.3, 0.4) is 0 Å². The zero-order chi connectivity index (χ0) is 20.5. The van der Waals surface area contributed by atoms with E-state index in [0.29, 0.717) is 42.5 Å². The van der Waals surface area contributed by atoms with Crippen LogP contribution in [0.15, 0.2) is 42.2 Å². The number of aliphatic hydroxyl groups excluding tert-OH is 1. The van der Waals surface area contributed by atoms with E-state index in [1.807, 2.05) is 18.2 Å². The minimum Gasteiger partial charge on any atom is -0.493 e. The highest BCUT2D eigenvalue weighted by Gasteiger charge is 2.12. The molecule has 4 N–H and O–H groups in total. The molecule has 0 spiro atoms. The molecule has 0 aliphatic carbocycles. The Kier molecular flexibility index (Phi) is 7.26. The van der Waals surface area contributed by atoms with Crippen molar-refractivity contribution in [1.82, 2.24) is 20.2 Å². The van der Waals surface area contributed by atoms with Crippen LogP contribution in [0.4, 0.5) is 5.82 Å². The normalized spacial score (nSPS) is 11.6. The third-order valence-electron chi connectivity index (χ3n) is 4.15. The van der Waals surface area contributed by atoms with Crippen molar-refractivity contribution in [1.29, 1.82) is 5.41 Å². The predicted molar refractivity (Wildman–Crippen MR) is 111 cm³/mol. The third kappa shape index (κ3) is 5.37. The molecule has 0 bridgehead atoms. The maximum Gasteiger partial charge on any atom is 0.182 e. The highest BCUT2D eigenvalue weighted by atomic mass is 16.5. The highest BCUT2D eigenvalue weighted by Crippen LogP contribution is 2.28. The molecule has 9 heteroatoms. The number of hydrogen-bond donors (Lipinski definition) is 4. The number of rotatable bonds is 11. The van der Waals surface area contributed by atoms with Crippen molar-refractivity contribution >= 4 is 22.9 Å². The van der Waals surface area contributed by atoms with E-state index in [-0.39, 0.29) is 6.61 Å². The number of benzene rings is 1. The summed E-state index contributed by atoms with van der Waals surface area (Å²) in [5.74, 6) is 1.77. The molecule has 0 aliphatic heterocycles. The summed E-state index contributed by atoms with van der Waals surface area (Å²) in [5, 5.41) is 27.6. The SMILES string of the molecule is COCCCOc1ccc2[nH]nc(-c3nccc(N/C=C(\C=N)CCO)n3)c2c1. The van der Waals surface area contributed by atoms with E-state index in [0.717, 1.165) is 23.1 Å². The van der Waals surface area contributed by atoms with Gasteiger partial charge in [0.1, 0.15) is 17.3 Å². The minimum atomic E-state index is -0.0208. The molecule has 2 aromatic heterocycles. The zero-order valence-electron chi connectivity index (χ0n) is 16.2. The summed E-state index contributed by atoms with van der Waals surface area (Å²) in [6.45, 7) is 1.20. The van der Waals surface area contributed by atoms with Gasteiger partial charge in [0, 0.05) is 50.7 Å². The lowest BCUT2D eigenvalue weighted by molar-refractivity contribution is 0.172. The standard InChI is InChI=1S/C20H24N6O3/c1-28-9-2-10-29-15-3-4-17-16(11-15)19(26-25-17)20-22-7-5-18(24-20)23-13-14(12-21)6-8-27/h3-5,7,11-13,21,27H,2,6,8-10H2,1H3,(H,25,26)(H,22,23,24)/b14-13-,21-12?. The van der Waals surface area contributed by atoms with Crippen LogP contribution in [-0.4, -0.2) is 58.4 Å². The minimum absolute atomic E-state index is 0.0208. The van der Waals surface area contributed by atoms with Crippen LogP contribution in [0.2, 0.25) is 0 Å². The molecule has 3 aromatic rings. The quantitative estimate of drug-likeness (QED) is 0.290. The molecule has 0 radical (unpaired) electrons. The van der Waals surface area contributed by atoms with Crippen molar-refractivity contribution < 1.29 is 14.6 Å². The molecule has 0 fully saturated rings. The van der Waals surface area contributed by atoms with Gasteiger partial charge in [0.15, 0.2) is 5.82 Å². The van der Waals surface area contributed by atoms with Crippen LogP contribution < -0.4 is 10.1 Å². The van der Waals surface area contributed by atoms with E-state index >= 15 is 0 Å². The number of methoxy groups -OCH3 is 1. The average molecular weight is 396 g/mol. The molecule has 3 rings (SSSR count). The van der Waals surface area contributed by atoms with Crippen molar-refractivity contribution in [2.24, 2.45) is 0 Å². The molecule has 152 valence electrons. The van der Waals surface area contributed by atoms with Crippen molar-refractivity contribution in [2.75, 3.05) is 32.2 Å². The average Bonchev–Trinajstić information content (AvgIpc) is 3.18. The summed E-state index contributed by atoms with van der Waals surface area (Å²) in [4.78, 5) is 8.84. The highest BCUT2D eigenvalue weighted by molar-refractivity contribution is 5.92. The topological polar surface area (TPSA) is 129 Å². The first kappa shape index (κ1) is 20.4. The Morgan fingerprint density at radius 3 is 3.00 bits per heavy atom. The van der Waals surface area contributed by atoms with Gasteiger partial charge in [-0.25, -0.2) is 9.97 Å². The Labute approximate surface area is 168 Å². The molecule has 0 unspecified atom stereocenters. The maximum absolute atomic E-state index is 9.01. The van der Waals surface area contributed by atoms with E-state index < -0.39 is 0 Å². The summed E-state index contributed by atoms with van der Waals surface area (Å²) in [6, 6.07) is 7.44. The number of H-pyrrole nitrogens is 1. The Hall–Kier alpha value is -3.30. The van der Waals surface area contributed by atoms with Crippen LogP contribution in [0, 0.1) is 5.41 Å². The molecule has 9 nitrogen and oxygen atoms in total. The molecule has 0 amide bonds. The largest absolute Gasteiger partial charge is 0.493 e. The van der Waals surface area contributed by atoms with Crippen LogP contribution in [0.1, 0.15) is 12.8 Å². The number of fused-ring (bicyclic) bond motifs is 1. The van der Waals surface area contributed by atoms with Gasteiger partial charge < -0.3 is 25.3 Å². The second-order valence-corrected chi connectivity index (χ2v) is 6.22. The fraction of sp³-hybridized carbons (Fsp3) is 0.300. The number of aromatic nitrogens is 4. The predicted octanol–water partition coefficient (Wildman–Crippen LogP) is 2.76. The summed E-state index contributed by atoms with van der Waals surface area (Å²) in [6.07, 6.45) is 5.68. The Balaban J connectivity index is 1.81. The lowest BCUT2D eigenvalue weighted by Gasteiger charge is -2.06. The Bertz CT molecular complexity index is 985. The smallest absolute Gasteiger partial charge is 0.182 e. The van der Waals surface area contributed by atoms with E-state index in [1.165, 1.54) is 6.21 Å². The summed E-state index contributed by atoms with van der Waals surface area (Å²) < 4.78 is 10.8. The van der Waals surface area contributed by atoms with Gasteiger partial charge >= 0.3 is 0 Å². The van der Waals surface area contributed by atoms with Gasteiger partial charge in [-0.2, -0.15) is 5.10 Å². The van der Waals surface area contributed by atoms with Crippen molar-refractivity contribution in [3.8, 4) is 17.3 Å². The van der Waals surface area contributed by atoms with Crippen LogP contribution >= 0.6 is 0 Å². The molecular formula is C20H24N6O3. The Morgan fingerprint density at radius 1 is 1.31 bits per heavy atom. The van der Waals surface area contributed by atoms with E-state index in [9.17, 15) is 0 Å². The first-order valence-electron chi connectivity index (χ1n) is 9.25. The summed E-state index contributed by atoms with van der Waals surface area (Å²) >= 11 is 0. The number of ether oxygens (including phenoxy) is 2.